The molecule has 2 aromatic heterocycles. The van der Waals surface area contributed by atoms with Gasteiger partial charge in [0.25, 0.3) is 0 Å². The Morgan fingerprint density at radius 1 is 1.35 bits per heavy atom. The van der Waals surface area contributed by atoms with Crippen molar-refractivity contribution in [3.63, 3.8) is 0 Å². The zero-order valence-electron chi connectivity index (χ0n) is 12.0. The number of aromatic nitrogens is 2. The largest absolute Gasteiger partial charge is 0.373 e. The maximum Gasteiger partial charge on any atom is 0.134 e. The molecule has 0 fully saturated rings. The van der Waals surface area contributed by atoms with E-state index in [0.29, 0.717) is 0 Å². The second kappa shape index (κ2) is 6.90. The highest BCUT2D eigenvalue weighted by Crippen LogP contribution is 2.24. The molecular weight excluding hydrogens is 292 g/mol. The summed E-state index contributed by atoms with van der Waals surface area (Å²) in [5, 5.41) is 3.09. The maximum absolute atomic E-state index is 5.97. The first-order chi connectivity index (χ1) is 9.62. The van der Waals surface area contributed by atoms with Crippen LogP contribution in [0.3, 0.4) is 0 Å². The van der Waals surface area contributed by atoms with E-state index in [1.54, 1.807) is 11.3 Å². The Kier molecular flexibility index (Phi) is 5.20. The molecule has 4 nitrogen and oxygen atoms in total. The van der Waals surface area contributed by atoms with Crippen molar-refractivity contribution in [1.29, 1.82) is 0 Å². The van der Waals surface area contributed by atoms with Crippen LogP contribution in [0.5, 0.6) is 0 Å². The number of nitrogens with one attached hydrogen (secondary N) is 1. The van der Waals surface area contributed by atoms with Gasteiger partial charge in [0.05, 0.1) is 10.9 Å². The van der Waals surface area contributed by atoms with Crippen LogP contribution in [0.1, 0.15) is 24.0 Å². The zero-order valence-corrected chi connectivity index (χ0v) is 13.6. The van der Waals surface area contributed by atoms with E-state index >= 15 is 0 Å². The molecule has 1 N–H and O–H groups in total. The van der Waals surface area contributed by atoms with E-state index in [1.165, 1.54) is 4.88 Å². The molecule has 0 aliphatic rings. The molecule has 0 saturated carbocycles. The molecule has 0 amide bonds. The van der Waals surface area contributed by atoms with E-state index in [9.17, 15) is 0 Å². The van der Waals surface area contributed by atoms with E-state index < -0.39 is 0 Å². The van der Waals surface area contributed by atoms with E-state index in [4.69, 9.17) is 11.6 Å². The first kappa shape index (κ1) is 15.1. The van der Waals surface area contributed by atoms with Crippen molar-refractivity contribution < 1.29 is 0 Å². The van der Waals surface area contributed by atoms with Crippen LogP contribution < -0.4 is 10.2 Å². The highest BCUT2D eigenvalue weighted by Gasteiger charge is 2.09. The van der Waals surface area contributed by atoms with Gasteiger partial charge >= 0.3 is 0 Å². The van der Waals surface area contributed by atoms with Gasteiger partial charge in [-0.3, -0.25) is 0 Å². The van der Waals surface area contributed by atoms with Crippen molar-refractivity contribution in [2.75, 3.05) is 24.3 Å². The van der Waals surface area contributed by atoms with E-state index in [0.717, 1.165) is 41.2 Å². The third-order valence-corrected chi connectivity index (χ3v) is 4.12. The third-order valence-electron chi connectivity index (χ3n) is 2.90. The van der Waals surface area contributed by atoms with Crippen LogP contribution in [0.25, 0.3) is 0 Å². The number of thiophene rings is 1. The van der Waals surface area contributed by atoms with Crippen molar-refractivity contribution in [3.05, 3.63) is 33.2 Å². The molecule has 2 aromatic rings. The summed E-state index contributed by atoms with van der Waals surface area (Å²) >= 11 is 7.57. The van der Waals surface area contributed by atoms with Crippen LogP contribution in [-0.2, 0) is 13.0 Å². The molecule has 2 heterocycles. The van der Waals surface area contributed by atoms with Crippen LogP contribution >= 0.6 is 22.9 Å². The molecule has 0 aliphatic carbocycles. The molecule has 0 saturated heterocycles. The van der Waals surface area contributed by atoms with E-state index in [-0.39, 0.29) is 0 Å². The lowest BCUT2D eigenvalue weighted by Gasteiger charge is -2.18. The van der Waals surface area contributed by atoms with Crippen LogP contribution in [-0.4, -0.2) is 24.1 Å². The maximum atomic E-state index is 5.97. The topological polar surface area (TPSA) is 41.1 Å². The first-order valence-electron chi connectivity index (χ1n) is 6.63. The Morgan fingerprint density at radius 2 is 2.15 bits per heavy atom. The lowest BCUT2D eigenvalue weighted by atomic mass is 10.3. The van der Waals surface area contributed by atoms with Crippen molar-refractivity contribution in [2.45, 2.75) is 26.3 Å². The van der Waals surface area contributed by atoms with Crippen molar-refractivity contribution in [3.8, 4) is 0 Å². The standard InChI is InChI=1S/C14H19ClN4S/c1-4-5-12-17-13(16-2)8-14(18-12)19(3)9-10-6-7-11(15)20-10/h6-8H,4-5,9H2,1-3H3,(H,16,17,18). The van der Waals surface area contributed by atoms with Gasteiger partial charge in [0.15, 0.2) is 0 Å². The second-order valence-electron chi connectivity index (χ2n) is 4.59. The molecule has 0 aromatic carbocycles. The van der Waals surface area contributed by atoms with Gasteiger partial charge < -0.3 is 10.2 Å². The minimum atomic E-state index is 0.795. The molecule has 0 spiro atoms. The summed E-state index contributed by atoms with van der Waals surface area (Å²) in [4.78, 5) is 12.4. The average molecular weight is 311 g/mol. The lowest BCUT2D eigenvalue weighted by Crippen LogP contribution is -2.18. The average Bonchev–Trinajstić information content (AvgIpc) is 2.84. The minimum absolute atomic E-state index is 0.795. The molecule has 0 radical (unpaired) electrons. The predicted octanol–water partition coefficient (Wildman–Crippen LogP) is 3.82. The Hall–Kier alpha value is -1.33. The number of nitrogens with zero attached hydrogens (tertiary/aromatic N) is 3. The monoisotopic (exact) mass is 310 g/mol. The summed E-state index contributed by atoms with van der Waals surface area (Å²) in [5.41, 5.74) is 0. The Bertz CT molecular complexity index is 570. The number of rotatable bonds is 6. The Labute approximate surface area is 128 Å². The summed E-state index contributed by atoms with van der Waals surface area (Å²) in [5.74, 6) is 2.66. The summed E-state index contributed by atoms with van der Waals surface area (Å²) < 4.78 is 0.818. The van der Waals surface area contributed by atoms with Gasteiger partial charge in [0, 0.05) is 31.5 Å². The second-order valence-corrected chi connectivity index (χ2v) is 6.39. The molecule has 20 heavy (non-hydrogen) atoms. The summed E-state index contributed by atoms with van der Waals surface area (Å²) in [6.45, 7) is 2.93. The highest BCUT2D eigenvalue weighted by atomic mass is 35.5. The number of aryl methyl sites for hydroxylation is 1. The summed E-state index contributed by atoms with van der Waals surface area (Å²) in [6, 6.07) is 5.95. The molecule has 0 aliphatic heterocycles. The number of hydrogen-bond donors (Lipinski definition) is 1. The molecule has 0 unspecified atom stereocenters. The normalized spacial score (nSPS) is 10.6. The van der Waals surface area contributed by atoms with Gasteiger partial charge in [0.1, 0.15) is 17.5 Å². The summed E-state index contributed by atoms with van der Waals surface area (Å²) in [7, 11) is 3.91. The van der Waals surface area contributed by atoms with Gasteiger partial charge in [-0.05, 0) is 18.6 Å². The van der Waals surface area contributed by atoms with E-state index in [2.05, 4.69) is 33.2 Å². The van der Waals surface area contributed by atoms with Crippen LogP contribution in [0.4, 0.5) is 11.6 Å². The SMILES string of the molecule is CCCc1nc(NC)cc(N(C)Cc2ccc(Cl)s2)n1. The molecule has 2 rings (SSSR count). The van der Waals surface area contributed by atoms with Crippen molar-refractivity contribution in [2.24, 2.45) is 0 Å². The van der Waals surface area contributed by atoms with Gasteiger partial charge in [-0.1, -0.05) is 18.5 Å². The number of hydrogen-bond acceptors (Lipinski definition) is 5. The van der Waals surface area contributed by atoms with Crippen LogP contribution in [0, 0.1) is 0 Å². The molecule has 6 heteroatoms. The Morgan fingerprint density at radius 3 is 2.75 bits per heavy atom. The first-order valence-corrected chi connectivity index (χ1v) is 7.83. The molecule has 0 bridgehead atoms. The van der Waals surface area contributed by atoms with Gasteiger partial charge in [-0.15, -0.1) is 11.3 Å². The lowest BCUT2D eigenvalue weighted by molar-refractivity contribution is 0.816. The summed E-state index contributed by atoms with van der Waals surface area (Å²) in [6.07, 6.45) is 1.93. The van der Waals surface area contributed by atoms with Gasteiger partial charge in [-0.25, -0.2) is 9.97 Å². The highest BCUT2D eigenvalue weighted by molar-refractivity contribution is 7.16. The number of halogens is 1. The quantitative estimate of drug-likeness (QED) is 0.880. The van der Waals surface area contributed by atoms with Gasteiger partial charge in [0.2, 0.25) is 0 Å². The fourth-order valence-electron chi connectivity index (χ4n) is 1.89. The van der Waals surface area contributed by atoms with Crippen molar-refractivity contribution >= 4 is 34.6 Å². The molecular formula is C14H19ClN4S. The number of anilines is 2. The molecule has 108 valence electrons. The fraction of sp³-hybridized carbons (Fsp3) is 0.429. The van der Waals surface area contributed by atoms with Crippen LogP contribution in [0.2, 0.25) is 4.34 Å². The zero-order chi connectivity index (χ0) is 14.5. The smallest absolute Gasteiger partial charge is 0.134 e. The van der Waals surface area contributed by atoms with Crippen LogP contribution in [0.15, 0.2) is 18.2 Å². The van der Waals surface area contributed by atoms with E-state index in [1.807, 2.05) is 26.2 Å². The minimum Gasteiger partial charge on any atom is -0.373 e. The predicted molar refractivity (Wildman–Crippen MR) is 87.0 cm³/mol. The Balaban J connectivity index is 2.19. The third kappa shape index (κ3) is 3.84. The molecule has 0 atom stereocenters. The van der Waals surface area contributed by atoms with Gasteiger partial charge in [-0.2, -0.15) is 0 Å². The van der Waals surface area contributed by atoms with Crippen molar-refractivity contribution in [1.82, 2.24) is 9.97 Å². The fourth-order valence-corrected chi connectivity index (χ4v) is 3.03.